The first kappa shape index (κ1) is 12.9. The second-order valence-corrected chi connectivity index (χ2v) is 4.63. The maximum Gasteiger partial charge on any atom is 0.165 e. The highest BCUT2D eigenvalue weighted by Gasteiger charge is 2.22. The van der Waals surface area contributed by atoms with Gasteiger partial charge in [0.25, 0.3) is 0 Å². The highest BCUT2D eigenvalue weighted by Crippen LogP contribution is 2.31. The number of ketones is 1. The Kier molecular flexibility index (Phi) is 3.87. The zero-order valence-electron chi connectivity index (χ0n) is 10.8. The topological polar surface area (TPSA) is 49.8 Å². The van der Waals surface area contributed by atoms with Crippen LogP contribution in [0.15, 0.2) is 18.2 Å². The molecule has 0 saturated carbocycles. The third-order valence-corrected chi connectivity index (χ3v) is 3.38. The summed E-state index contributed by atoms with van der Waals surface area (Å²) in [5, 5.41) is 9.53. The van der Waals surface area contributed by atoms with Crippen molar-refractivity contribution in [1.29, 1.82) is 0 Å². The van der Waals surface area contributed by atoms with E-state index in [1.807, 2.05) is 12.1 Å². The monoisotopic (exact) mass is 249 g/mol. The number of carbonyl (C=O) groups is 1. The van der Waals surface area contributed by atoms with E-state index < -0.39 is 0 Å². The van der Waals surface area contributed by atoms with E-state index >= 15 is 0 Å². The molecule has 1 aliphatic heterocycles. The molecule has 1 aromatic rings. The summed E-state index contributed by atoms with van der Waals surface area (Å²) < 4.78 is 5.26. The molecule has 18 heavy (non-hydrogen) atoms. The lowest BCUT2D eigenvalue weighted by Gasteiger charge is -2.32. The SMILES string of the molecule is COc1cccc(N2CCC(O)CC2)c1C(C)=O. The predicted octanol–water partition coefficient (Wildman–Crippen LogP) is 1.86. The fourth-order valence-corrected chi connectivity index (χ4v) is 2.41. The summed E-state index contributed by atoms with van der Waals surface area (Å²) in [5.41, 5.74) is 1.55. The van der Waals surface area contributed by atoms with Gasteiger partial charge in [-0.25, -0.2) is 0 Å². The number of methoxy groups -OCH3 is 1. The zero-order chi connectivity index (χ0) is 13.1. The summed E-state index contributed by atoms with van der Waals surface area (Å²) in [6.07, 6.45) is 1.27. The van der Waals surface area contributed by atoms with E-state index in [2.05, 4.69) is 4.90 Å². The van der Waals surface area contributed by atoms with E-state index in [9.17, 15) is 9.90 Å². The molecule has 0 amide bonds. The highest BCUT2D eigenvalue weighted by molar-refractivity contribution is 6.02. The Morgan fingerprint density at radius 3 is 2.61 bits per heavy atom. The van der Waals surface area contributed by atoms with Crippen molar-refractivity contribution in [2.24, 2.45) is 0 Å². The van der Waals surface area contributed by atoms with Crippen LogP contribution in [0.4, 0.5) is 5.69 Å². The average Bonchev–Trinajstić information content (AvgIpc) is 2.38. The number of aliphatic hydroxyl groups excluding tert-OH is 1. The number of rotatable bonds is 3. The number of benzene rings is 1. The Labute approximate surface area is 107 Å². The number of anilines is 1. The molecule has 98 valence electrons. The lowest BCUT2D eigenvalue weighted by atomic mass is 10.0. The molecule has 0 spiro atoms. The molecule has 0 radical (unpaired) electrons. The summed E-state index contributed by atoms with van der Waals surface area (Å²) in [6, 6.07) is 5.64. The van der Waals surface area contributed by atoms with Crippen LogP contribution < -0.4 is 9.64 Å². The van der Waals surface area contributed by atoms with Gasteiger partial charge in [0.05, 0.1) is 24.5 Å². The first-order valence-electron chi connectivity index (χ1n) is 6.24. The number of hydrogen-bond donors (Lipinski definition) is 1. The Morgan fingerprint density at radius 1 is 1.39 bits per heavy atom. The Hall–Kier alpha value is -1.55. The van der Waals surface area contributed by atoms with Gasteiger partial charge in [-0.2, -0.15) is 0 Å². The van der Waals surface area contributed by atoms with Crippen LogP contribution in [0.3, 0.4) is 0 Å². The minimum atomic E-state index is -0.215. The number of ether oxygens (including phenoxy) is 1. The van der Waals surface area contributed by atoms with Gasteiger partial charge in [0.1, 0.15) is 5.75 Å². The molecule has 1 heterocycles. The molecule has 4 heteroatoms. The Balaban J connectivity index is 2.35. The first-order chi connectivity index (χ1) is 8.63. The van der Waals surface area contributed by atoms with Gasteiger partial charge in [-0.1, -0.05) is 6.07 Å². The van der Waals surface area contributed by atoms with Gasteiger partial charge in [0, 0.05) is 13.1 Å². The van der Waals surface area contributed by atoms with Gasteiger partial charge >= 0.3 is 0 Å². The number of carbonyl (C=O) groups excluding carboxylic acids is 1. The smallest absolute Gasteiger partial charge is 0.165 e. The van der Waals surface area contributed by atoms with Crippen LogP contribution in [-0.4, -0.2) is 37.2 Å². The van der Waals surface area contributed by atoms with Crippen molar-refractivity contribution < 1.29 is 14.6 Å². The predicted molar refractivity (Wildman–Crippen MR) is 70.5 cm³/mol. The fraction of sp³-hybridized carbons (Fsp3) is 0.500. The van der Waals surface area contributed by atoms with Crippen molar-refractivity contribution in [1.82, 2.24) is 0 Å². The molecular formula is C14H19NO3. The fourth-order valence-electron chi connectivity index (χ4n) is 2.41. The number of nitrogens with zero attached hydrogens (tertiary/aromatic N) is 1. The van der Waals surface area contributed by atoms with Crippen molar-refractivity contribution in [3.8, 4) is 5.75 Å². The summed E-state index contributed by atoms with van der Waals surface area (Å²) >= 11 is 0. The van der Waals surface area contributed by atoms with Crippen LogP contribution in [0, 0.1) is 0 Å². The van der Waals surface area contributed by atoms with Gasteiger partial charge in [-0.3, -0.25) is 4.79 Å². The van der Waals surface area contributed by atoms with E-state index in [0.717, 1.165) is 31.6 Å². The van der Waals surface area contributed by atoms with Crippen LogP contribution in [0.1, 0.15) is 30.1 Å². The van der Waals surface area contributed by atoms with Crippen LogP contribution >= 0.6 is 0 Å². The van der Waals surface area contributed by atoms with Gasteiger partial charge in [0.2, 0.25) is 0 Å². The highest BCUT2D eigenvalue weighted by atomic mass is 16.5. The number of aliphatic hydroxyl groups is 1. The summed E-state index contributed by atoms with van der Waals surface area (Å²) in [6.45, 7) is 3.10. The molecule has 1 aromatic carbocycles. The van der Waals surface area contributed by atoms with Crippen LogP contribution in [-0.2, 0) is 0 Å². The molecule has 0 atom stereocenters. The van der Waals surface area contributed by atoms with E-state index in [1.165, 1.54) is 0 Å². The Bertz CT molecular complexity index is 437. The summed E-state index contributed by atoms with van der Waals surface area (Å²) in [4.78, 5) is 13.9. The molecule has 1 saturated heterocycles. The third kappa shape index (κ3) is 2.48. The molecule has 2 rings (SSSR count). The van der Waals surface area contributed by atoms with Gasteiger partial charge in [-0.15, -0.1) is 0 Å². The van der Waals surface area contributed by atoms with Crippen LogP contribution in [0.2, 0.25) is 0 Å². The van der Waals surface area contributed by atoms with Crippen molar-refractivity contribution in [2.45, 2.75) is 25.9 Å². The molecule has 4 nitrogen and oxygen atoms in total. The largest absolute Gasteiger partial charge is 0.496 e. The maximum absolute atomic E-state index is 11.8. The van der Waals surface area contributed by atoms with Crippen LogP contribution in [0.5, 0.6) is 5.75 Å². The minimum Gasteiger partial charge on any atom is -0.496 e. The zero-order valence-corrected chi connectivity index (χ0v) is 10.8. The normalized spacial score (nSPS) is 16.7. The second kappa shape index (κ2) is 5.40. The molecule has 1 aliphatic rings. The standard InChI is InChI=1S/C14H19NO3/c1-10(16)14-12(4-3-5-13(14)18-2)15-8-6-11(17)7-9-15/h3-5,11,17H,6-9H2,1-2H3. The molecule has 0 aliphatic carbocycles. The van der Waals surface area contributed by atoms with Crippen LogP contribution in [0.25, 0.3) is 0 Å². The first-order valence-corrected chi connectivity index (χ1v) is 6.24. The van der Waals surface area contributed by atoms with E-state index in [4.69, 9.17) is 4.74 Å². The molecule has 1 fully saturated rings. The molecule has 0 unspecified atom stereocenters. The number of hydrogen-bond acceptors (Lipinski definition) is 4. The number of Topliss-reactive ketones (excluding diaryl/α,β-unsaturated/α-hetero) is 1. The molecule has 1 N–H and O–H groups in total. The van der Waals surface area contributed by atoms with Crippen molar-refractivity contribution >= 4 is 11.5 Å². The van der Waals surface area contributed by atoms with E-state index in [-0.39, 0.29) is 11.9 Å². The molecule has 0 bridgehead atoms. The summed E-state index contributed by atoms with van der Waals surface area (Å²) in [5.74, 6) is 0.625. The maximum atomic E-state index is 11.8. The van der Waals surface area contributed by atoms with Crippen molar-refractivity contribution in [2.75, 3.05) is 25.1 Å². The van der Waals surface area contributed by atoms with Gasteiger partial charge in [-0.05, 0) is 31.9 Å². The van der Waals surface area contributed by atoms with Crippen molar-refractivity contribution in [3.63, 3.8) is 0 Å². The van der Waals surface area contributed by atoms with E-state index in [0.29, 0.717) is 11.3 Å². The summed E-state index contributed by atoms with van der Waals surface area (Å²) in [7, 11) is 1.57. The number of piperidine rings is 1. The molecule has 0 aromatic heterocycles. The quantitative estimate of drug-likeness (QED) is 0.831. The average molecular weight is 249 g/mol. The van der Waals surface area contributed by atoms with Gasteiger partial charge < -0.3 is 14.7 Å². The Morgan fingerprint density at radius 2 is 2.06 bits per heavy atom. The van der Waals surface area contributed by atoms with E-state index in [1.54, 1.807) is 20.1 Å². The minimum absolute atomic E-state index is 0.00794. The lowest BCUT2D eigenvalue weighted by molar-refractivity contribution is 0.101. The second-order valence-electron chi connectivity index (χ2n) is 4.63. The lowest BCUT2D eigenvalue weighted by Crippen LogP contribution is -2.36. The van der Waals surface area contributed by atoms with Gasteiger partial charge in [0.15, 0.2) is 5.78 Å². The third-order valence-electron chi connectivity index (χ3n) is 3.38. The van der Waals surface area contributed by atoms with Crippen molar-refractivity contribution in [3.05, 3.63) is 23.8 Å². The molecular weight excluding hydrogens is 230 g/mol.